The van der Waals surface area contributed by atoms with Gasteiger partial charge in [-0.2, -0.15) is 5.10 Å². The van der Waals surface area contributed by atoms with E-state index in [1.807, 2.05) is 35.9 Å². The summed E-state index contributed by atoms with van der Waals surface area (Å²) in [6.07, 6.45) is 1.27. The molecule has 0 saturated heterocycles. The van der Waals surface area contributed by atoms with Gasteiger partial charge in [0.15, 0.2) is 0 Å². The van der Waals surface area contributed by atoms with Gasteiger partial charge in [0.1, 0.15) is 5.82 Å². The summed E-state index contributed by atoms with van der Waals surface area (Å²) in [4.78, 5) is 12.5. The van der Waals surface area contributed by atoms with Gasteiger partial charge < -0.3 is 11.1 Å². The summed E-state index contributed by atoms with van der Waals surface area (Å²) in [6, 6.07) is 16.1. The molecule has 3 N–H and O–H groups in total. The van der Waals surface area contributed by atoms with Crippen LogP contribution in [0.3, 0.4) is 0 Å². The summed E-state index contributed by atoms with van der Waals surface area (Å²) in [6.45, 7) is 3.14. The standard InChI is InChI=1S/C22H23ClN4O/c1-14-21-18(16-8-6-15(7-9-16)10-11-24)12-20(28)25-22(21)27(26-14)13-17-4-2-3-5-19(17)23/h2-9,18H,10-13,24H2,1H3,(H,25,28). The predicted molar refractivity (Wildman–Crippen MR) is 112 cm³/mol. The zero-order valence-corrected chi connectivity index (χ0v) is 16.5. The second-order valence-corrected chi connectivity index (χ2v) is 7.59. The summed E-state index contributed by atoms with van der Waals surface area (Å²) < 4.78 is 1.85. The molecule has 2 heterocycles. The smallest absolute Gasteiger partial charge is 0.226 e. The number of aryl methyl sites for hydroxylation is 1. The summed E-state index contributed by atoms with van der Waals surface area (Å²) in [7, 11) is 0. The van der Waals surface area contributed by atoms with Crippen molar-refractivity contribution in [2.75, 3.05) is 11.9 Å². The zero-order valence-electron chi connectivity index (χ0n) is 15.8. The second-order valence-electron chi connectivity index (χ2n) is 7.18. The molecule has 6 heteroatoms. The van der Waals surface area contributed by atoms with Crippen LogP contribution in [0.15, 0.2) is 48.5 Å². The van der Waals surface area contributed by atoms with E-state index in [1.54, 1.807) is 0 Å². The minimum absolute atomic E-state index is 0.00356. The topological polar surface area (TPSA) is 72.9 Å². The number of carbonyl (C=O) groups excluding carboxylic acids is 1. The number of rotatable bonds is 5. The minimum atomic E-state index is -0.00401. The highest BCUT2D eigenvalue weighted by Gasteiger charge is 2.32. The highest BCUT2D eigenvalue weighted by atomic mass is 35.5. The lowest BCUT2D eigenvalue weighted by Gasteiger charge is -2.24. The molecular formula is C22H23ClN4O. The van der Waals surface area contributed by atoms with Crippen LogP contribution in [0.5, 0.6) is 0 Å². The van der Waals surface area contributed by atoms with Crippen molar-refractivity contribution < 1.29 is 4.79 Å². The molecule has 1 atom stereocenters. The highest BCUT2D eigenvalue weighted by molar-refractivity contribution is 6.31. The molecule has 0 spiro atoms. The maximum absolute atomic E-state index is 12.5. The predicted octanol–water partition coefficient (Wildman–Crippen LogP) is 3.87. The van der Waals surface area contributed by atoms with Crippen LogP contribution < -0.4 is 11.1 Å². The average Bonchev–Trinajstić information content (AvgIpc) is 2.99. The van der Waals surface area contributed by atoms with Gasteiger partial charge in [0.05, 0.1) is 12.2 Å². The fraction of sp³-hybridized carbons (Fsp3) is 0.273. The molecule has 5 nitrogen and oxygen atoms in total. The number of aromatic nitrogens is 2. The lowest BCUT2D eigenvalue weighted by atomic mass is 9.85. The van der Waals surface area contributed by atoms with Crippen molar-refractivity contribution >= 4 is 23.3 Å². The average molecular weight is 395 g/mol. The third-order valence-corrected chi connectivity index (χ3v) is 5.63. The van der Waals surface area contributed by atoms with Crippen molar-refractivity contribution in [2.24, 2.45) is 5.73 Å². The molecule has 0 aliphatic carbocycles. The number of amides is 1. The summed E-state index contributed by atoms with van der Waals surface area (Å²) in [5.74, 6) is 0.768. The quantitative estimate of drug-likeness (QED) is 0.689. The molecule has 1 unspecified atom stereocenters. The van der Waals surface area contributed by atoms with E-state index in [-0.39, 0.29) is 11.8 Å². The molecule has 1 amide bonds. The summed E-state index contributed by atoms with van der Waals surface area (Å²) in [5.41, 5.74) is 11.0. The van der Waals surface area contributed by atoms with Gasteiger partial charge in [-0.25, -0.2) is 4.68 Å². The van der Waals surface area contributed by atoms with Crippen molar-refractivity contribution in [1.82, 2.24) is 9.78 Å². The molecule has 4 rings (SSSR count). The monoisotopic (exact) mass is 394 g/mol. The van der Waals surface area contributed by atoms with E-state index in [2.05, 4.69) is 29.6 Å². The number of nitrogens with one attached hydrogen (secondary N) is 1. The summed E-state index contributed by atoms with van der Waals surface area (Å²) in [5, 5.41) is 8.43. The molecule has 2 aromatic carbocycles. The van der Waals surface area contributed by atoms with Crippen LogP contribution in [0.2, 0.25) is 5.02 Å². The van der Waals surface area contributed by atoms with Crippen LogP contribution in [0, 0.1) is 6.92 Å². The highest BCUT2D eigenvalue weighted by Crippen LogP contribution is 2.39. The lowest BCUT2D eigenvalue weighted by molar-refractivity contribution is -0.116. The van der Waals surface area contributed by atoms with Crippen LogP contribution in [-0.4, -0.2) is 22.2 Å². The fourth-order valence-corrected chi connectivity index (χ4v) is 4.08. The fourth-order valence-electron chi connectivity index (χ4n) is 3.89. The van der Waals surface area contributed by atoms with Crippen LogP contribution in [0.4, 0.5) is 5.82 Å². The number of anilines is 1. The van der Waals surface area contributed by atoms with Gasteiger partial charge in [0.25, 0.3) is 0 Å². The van der Waals surface area contributed by atoms with Gasteiger partial charge in [0, 0.05) is 22.9 Å². The van der Waals surface area contributed by atoms with Gasteiger partial charge in [-0.05, 0) is 42.6 Å². The van der Waals surface area contributed by atoms with Crippen molar-refractivity contribution in [1.29, 1.82) is 0 Å². The van der Waals surface area contributed by atoms with E-state index >= 15 is 0 Å². The van der Waals surface area contributed by atoms with E-state index in [9.17, 15) is 4.79 Å². The number of halogens is 1. The van der Waals surface area contributed by atoms with Gasteiger partial charge >= 0.3 is 0 Å². The first-order valence-corrected chi connectivity index (χ1v) is 9.84. The lowest BCUT2D eigenvalue weighted by Crippen LogP contribution is -2.25. The van der Waals surface area contributed by atoms with Crippen molar-refractivity contribution in [3.63, 3.8) is 0 Å². The maximum atomic E-state index is 12.5. The minimum Gasteiger partial charge on any atom is -0.330 e. The Kier molecular flexibility index (Phi) is 5.20. The first kappa shape index (κ1) is 18.7. The Morgan fingerprint density at radius 1 is 1.21 bits per heavy atom. The van der Waals surface area contributed by atoms with E-state index < -0.39 is 0 Å². The molecule has 1 aliphatic heterocycles. The first-order valence-electron chi connectivity index (χ1n) is 9.46. The van der Waals surface area contributed by atoms with Gasteiger partial charge in [-0.3, -0.25) is 4.79 Å². The van der Waals surface area contributed by atoms with Crippen molar-refractivity contribution in [3.8, 4) is 0 Å². The summed E-state index contributed by atoms with van der Waals surface area (Å²) >= 11 is 6.32. The number of hydrogen-bond donors (Lipinski definition) is 2. The third kappa shape index (κ3) is 3.55. The Hall–Kier alpha value is -2.63. The molecule has 1 aliphatic rings. The number of hydrogen-bond acceptors (Lipinski definition) is 3. The van der Waals surface area contributed by atoms with Crippen LogP contribution in [-0.2, 0) is 17.8 Å². The Morgan fingerprint density at radius 2 is 1.96 bits per heavy atom. The van der Waals surface area contributed by atoms with E-state index in [0.29, 0.717) is 24.5 Å². The van der Waals surface area contributed by atoms with Crippen LogP contribution >= 0.6 is 11.6 Å². The van der Waals surface area contributed by atoms with E-state index in [0.717, 1.165) is 34.6 Å². The third-order valence-electron chi connectivity index (χ3n) is 5.26. The maximum Gasteiger partial charge on any atom is 0.226 e. The molecule has 0 bridgehead atoms. The number of carbonyl (C=O) groups is 1. The Morgan fingerprint density at radius 3 is 2.68 bits per heavy atom. The Balaban J connectivity index is 1.71. The van der Waals surface area contributed by atoms with Crippen molar-refractivity contribution in [2.45, 2.75) is 32.2 Å². The normalized spacial score (nSPS) is 16.0. The zero-order chi connectivity index (χ0) is 19.7. The van der Waals surface area contributed by atoms with E-state index in [4.69, 9.17) is 22.4 Å². The second kappa shape index (κ2) is 7.78. The largest absolute Gasteiger partial charge is 0.330 e. The molecule has 28 heavy (non-hydrogen) atoms. The Bertz CT molecular complexity index is 1010. The molecule has 144 valence electrons. The Labute approximate surface area is 169 Å². The number of nitrogens with zero attached hydrogens (tertiary/aromatic N) is 2. The van der Waals surface area contributed by atoms with Gasteiger partial charge in [-0.1, -0.05) is 54.1 Å². The SMILES string of the molecule is Cc1nn(Cc2ccccc2Cl)c2c1C(c1ccc(CCN)cc1)CC(=O)N2. The van der Waals surface area contributed by atoms with Crippen LogP contribution in [0.25, 0.3) is 0 Å². The molecule has 0 fully saturated rings. The molecule has 0 radical (unpaired) electrons. The molecule has 0 saturated carbocycles. The molecular weight excluding hydrogens is 372 g/mol. The number of nitrogens with two attached hydrogens (primary N) is 1. The number of fused-ring (bicyclic) bond motifs is 1. The molecule has 1 aromatic heterocycles. The van der Waals surface area contributed by atoms with Gasteiger partial charge in [0.2, 0.25) is 5.91 Å². The van der Waals surface area contributed by atoms with Gasteiger partial charge in [-0.15, -0.1) is 0 Å². The van der Waals surface area contributed by atoms with Crippen molar-refractivity contribution in [3.05, 3.63) is 81.5 Å². The van der Waals surface area contributed by atoms with E-state index in [1.165, 1.54) is 5.56 Å². The first-order chi connectivity index (χ1) is 13.6. The number of benzene rings is 2. The molecule has 3 aromatic rings. The van der Waals surface area contributed by atoms with Crippen LogP contribution in [0.1, 0.15) is 40.3 Å².